The van der Waals surface area contributed by atoms with E-state index in [4.69, 9.17) is 24.7 Å². The number of carbonyl (C=O) groups excluding carboxylic acids is 11. The number of aromatic hydroxyl groups is 1. The lowest BCUT2D eigenvalue weighted by Gasteiger charge is -2.26. The van der Waals surface area contributed by atoms with Crippen LogP contribution in [-0.4, -0.2) is 132 Å². The first-order valence-electron chi connectivity index (χ1n) is 30.4. The third kappa shape index (κ3) is 32.0. The lowest BCUT2D eigenvalue weighted by atomic mass is 10.0. The van der Waals surface area contributed by atoms with Gasteiger partial charge in [0.05, 0.1) is 6.42 Å². The average molecular weight is 1260 g/mol. The Labute approximate surface area is 531 Å². The number of carbonyl (C=O) groups is 11. The molecule has 0 saturated heterocycles. The Bertz CT molecular complexity index is 2990. The van der Waals surface area contributed by atoms with Gasteiger partial charge in [-0.15, -0.1) is 0 Å². The van der Waals surface area contributed by atoms with E-state index in [1.165, 1.54) is 12.1 Å². The molecular weight excluding hydrogens is 1170 g/mol. The van der Waals surface area contributed by atoms with Crippen molar-refractivity contribution in [1.29, 1.82) is 0 Å². The molecule has 0 unspecified atom stereocenters. The van der Waals surface area contributed by atoms with Crippen LogP contribution >= 0.6 is 0 Å². The van der Waals surface area contributed by atoms with Crippen molar-refractivity contribution in [3.8, 4) is 5.75 Å². The highest BCUT2D eigenvalue weighted by Gasteiger charge is 2.33. The zero-order valence-corrected chi connectivity index (χ0v) is 52.7. The normalized spacial score (nSPS) is 12.8. The molecule has 494 valence electrons. The summed E-state index contributed by atoms with van der Waals surface area (Å²) < 4.78 is 21.5. The molecule has 0 aliphatic heterocycles. The van der Waals surface area contributed by atoms with Gasteiger partial charge in [0.2, 0.25) is 41.4 Å². The quantitative estimate of drug-likeness (QED) is 0.0161. The summed E-state index contributed by atoms with van der Waals surface area (Å²) in [5.41, 5.74) is 6.53. The zero-order chi connectivity index (χ0) is 66.8. The van der Waals surface area contributed by atoms with Gasteiger partial charge in [-0.25, -0.2) is 9.59 Å². The van der Waals surface area contributed by atoms with Crippen molar-refractivity contribution >= 4 is 65.5 Å². The summed E-state index contributed by atoms with van der Waals surface area (Å²) in [7, 11) is 0. The van der Waals surface area contributed by atoms with Crippen LogP contribution in [0.15, 0.2) is 115 Å². The van der Waals surface area contributed by atoms with Crippen LogP contribution in [0.25, 0.3) is 0 Å². The van der Waals surface area contributed by atoms with E-state index in [2.05, 4.69) is 42.5 Å². The number of primary amides is 1. The fourth-order valence-corrected chi connectivity index (χ4v) is 8.84. The number of amides is 9. The van der Waals surface area contributed by atoms with Gasteiger partial charge >= 0.3 is 24.1 Å². The van der Waals surface area contributed by atoms with Gasteiger partial charge < -0.3 is 72.3 Å². The summed E-state index contributed by atoms with van der Waals surface area (Å²) >= 11 is 0. The van der Waals surface area contributed by atoms with Gasteiger partial charge in [-0.1, -0.05) is 103 Å². The molecule has 0 radical (unpaired) electrons. The Morgan fingerprint density at radius 2 is 0.857 bits per heavy atom. The van der Waals surface area contributed by atoms with E-state index in [1.54, 1.807) is 139 Å². The highest BCUT2D eigenvalue weighted by molar-refractivity contribution is 5.96. The lowest BCUT2D eigenvalue weighted by Crippen LogP contribution is -2.57. The van der Waals surface area contributed by atoms with Crippen molar-refractivity contribution in [2.45, 2.75) is 180 Å². The second-order valence-electron chi connectivity index (χ2n) is 23.7. The Balaban J connectivity index is 1.27. The number of ether oxygens (including phenoxy) is 4. The van der Waals surface area contributed by atoms with Gasteiger partial charge in [0.1, 0.15) is 66.9 Å². The maximum absolute atomic E-state index is 14.0. The first-order valence-corrected chi connectivity index (χ1v) is 30.4. The molecule has 0 fully saturated rings. The number of phenolic OH excluding ortho intramolecular Hbond substituents is 1. The average Bonchev–Trinajstić information content (AvgIpc) is 1.43. The molecule has 0 spiro atoms. The number of nitrogens with one attached hydrogen (secondary N) is 8. The molecule has 0 heterocycles. The first-order chi connectivity index (χ1) is 43.2. The molecule has 5 atom stereocenters. The summed E-state index contributed by atoms with van der Waals surface area (Å²) in [6.45, 7) is 9.67. The number of hydrogen-bond donors (Lipinski definition) is 10. The minimum Gasteiger partial charge on any atom is -0.508 e. The number of rotatable bonds is 37. The fourth-order valence-electron chi connectivity index (χ4n) is 8.84. The molecule has 0 aliphatic carbocycles. The molecular formula is C66H89N9O16. The lowest BCUT2D eigenvalue weighted by molar-refractivity contribution is -0.156. The van der Waals surface area contributed by atoms with Crippen molar-refractivity contribution in [2.24, 2.45) is 5.73 Å². The monoisotopic (exact) mass is 1260 g/mol. The molecule has 25 heteroatoms. The standard InChI is InChI=1S/C66H89N9O16/c1-65(2,3)90-56(79)40-53(62(85)72-51(58(67)81)38-44-22-10-7-11-23-44)73-60(83)50(74-63(86)89-43-47-26-14-9-15-27-47)29-19-21-37-69-55(78)31-17-16-30-54(77)68-36-20-18-28-49(59(82)70-41-57(80)88-42-46-24-12-8-13-25-46)71-61(84)52(75-64(87)91-66(4,5)6)39-45-32-34-48(76)35-33-45/h7-15,22-27,32-35,49-53,76H,16-21,28-31,36-43H2,1-6H3,(H2,67,81)(H,68,77)(H,69,78)(H,70,82)(H,71,84)(H,72,85)(H,73,83)(H,74,86)(H,75,87)/t49-,50-,51-,52-,53-/m0/s1. The summed E-state index contributed by atoms with van der Waals surface area (Å²) in [5, 5.41) is 30.9. The molecule has 9 amide bonds. The second kappa shape index (κ2) is 38.8. The van der Waals surface area contributed by atoms with Crippen LogP contribution in [0, 0.1) is 0 Å². The molecule has 0 saturated carbocycles. The van der Waals surface area contributed by atoms with Crippen LogP contribution in [0.4, 0.5) is 9.59 Å². The number of benzene rings is 4. The number of alkyl carbamates (subject to hydrolysis) is 2. The van der Waals surface area contributed by atoms with Gasteiger partial charge in [-0.3, -0.25) is 43.2 Å². The highest BCUT2D eigenvalue weighted by Crippen LogP contribution is 2.16. The Kier molecular flexibility index (Phi) is 31.5. The number of phenols is 1. The third-order valence-corrected chi connectivity index (χ3v) is 13.4. The molecule has 4 aromatic rings. The van der Waals surface area contributed by atoms with E-state index in [0.29, 0.717) is 48.8 Å². The number of unbranched alkanes of at least 4 members (excludes halogenated alkanes) is 3. The van der Waals surface area contributed by atoms with Crippen LogP contribution in [0.5, 0.6) is 5.75 Å². The van der Waals surface area contributed by atoms with Crippen molar-refractivity contribution < 1.29 is 76.8 Å². The zero-order valence-electron chi connectivity index (χ0n) is 52.7. The van der Waals surface area contributed by atoms with E-state index < -0.39 is 108 Å². The first kappa shape index (κ1) is 73.9. The van der Waals surface area contributed by atoms with E-state index in [-0.39, 0.29) is 88.8 Å². The molecule has 11 N–H and O–H groups in total. The third-order valence-electron chi connectivity index (χ3n) is 13.4. The fraction of sp³-hybridized carbons (Fsp3) is 0.470. The van der Waals surface area contributed by atoms with E-state index >= 15 is 0 Å². The van der Waals surface area contributed by atoms with Crippen LogP contribution < -0.4 is 48.3 Å². The Morgan fingerprint density at radius 3 is 1.37 bits per heavy atom. The van der Waals surface area contributed by atoms with Gasteiger partial charge in [0.25, 0.3) is 0 Å². The predicted molar refractivity (Wildman–Crippen MR) is 336 cm³/mol. The van der Waals surface area contributed by atoms with Gasteiger partial charge in [0, 0.05) is 38.8 Å². The van der Waals surface area contributed by atoms with Crippen molar-refractivity contribution in [2.75, 3.05) is 19.6 Å². The molecule has 0 aromatic heterocycles. The van der Waals surface area contributed by atoms with Gasteiger partial charge in [0.15, 0.2) is 0 Å². The Hall–Kier alpha value is -9.55. The van der Waals surface area contributed by atoms with E-state index in [1.807, 2.05) is 6.07 Å². The van der Waals surface area contributed by atoms with Crippen molar-refractivity contribution in [1.82, 2.24) is 42.5 Å². The summed E-state index contributed by atoms with van der Waals surface area (Å²) in [6.07, 6.45) is -0.0144. The molecule has 0 bridgehead atoms. The summed E-state index contributed by atoms with van der Waals surface area (Å²) in [6, 6.07) is 26.1. The van der Waals surface area contributed by atoms with Crippen LogP contribution in [-0.2, 0) is 88.2 Å². The Morgan fingerprint density at radius 1 is 0.429 bits per heavy atom. The topological polar surface area (TPSA) is 367 Å². The predicted octanol–water partition coefficient (Wildman–Crippen LogP) is 5.03. The van der Waals surface area contributed by atoms with Crippen LogP contribution in [0.2, 0.25) is 0 Å². The number of hydrogen-bond acceptors (Lipinski definition) is 16. The second-order valence-corrected chi connectivity index (χ2v) is 23.7. The smallest absolute Gasteiger partial charge is 0.408 e. The van der Waals surface area contributed by atoms with Crippen LogP contribution in [0.3, 0.4) is 0 Å². The van der Waals surface area contributed by atoms with E-state index in [9.17, 15) is 57.8 Å². The van der Waals surface area contributed by atoms with Gasteiger partial charge in [-0.05, 0) is 127 Å². The summed E-state index contributed by atoms with van der Waals surface area (Å²) in [5.74, 6) is -6.11. The molecule has 4 aromatic carbocycles. The number of esters is 2. The molecule has 4 rings (SSSR count). The SMILES string of the molecule is CC(C)(C)OC(=O)C[C@H](NC(=O)[C@H](CCCCNC(=O)CCCCC(=O)NCCCC[C@H](NC(=O)[C@H](Cc1ccc(O)cc1)NC(=O)OC(C)(C)C)C(=O)NCC(=O)OCc1ccccc1)NC(=O)OCc1ccccc1)C(=O)N[C@@H](Cc1ccccc1)C(N)=O. The van der Waals surface area contributed by atoms with E-state index in [0.717, 1.165) is 5.56 Å². The largest absolute Gasteiger partial charge is 0.508 e. The summed E-state index contributed by atoms with van der Waals surface area (Å²) in [4.78, 5) is 145. The molecule has 91 heavy (non-hydrogen) atoms. The minimum atomic E-state index is -1.57. The number of nitrogens with two attached hydrogens (primary N) is 1. The van der Waals surface area contributed by atoms with Crippen molar-refractivity contribution in [3.63, 3.8) is 0 Å². The van der Waals surface area contributed by atoms with Crippen molar-refractivity contribution in [3.05, 3.63) is 138 Å². The highest BCUT2D eigenvalue weighted by atomic mass is 16.6. The maximum Gasteiger partial charge on any atom is 0.408 e. The maximum atomic E-state index is 14.0. The molecule has 25 nitrogen and oxygen atoms in total. The van der Waals surface area contributed by atoms with Gasteiger partial charge in [-0.2, -0.15) is 0 Å². The van der Waals surface area contributed by atoms with Crippen LogP contribution in [0.1, 0.15) is 134 Å². The molecule has 0 aliphatic rings. The minimum absolute atomic E-state index is 0.00386.